The quantitative estimate of drug-likeness (QED) is 0.0993. The molecule has 1 unspecified atom stereocenters. The number of carbonyl (C=O) groups is 1. The second-order valence-electron chi connectivity index (χ2n) is 8.17. The van der Waals surface area contributed by atoms with Gasteiger partial charge in [-0.25, -0.2) is 0 Å². The van der Waals surface area contributed by atoms with Crippen molar-refractivity contribution >= 4 is 63.4 Å². The van der Waals surface area contributed by atoms with Crippen molar-refractivity contribution in [3.8, 4) is 0 Å². The number of halogens is 6. The van der Waals surface area contributed by atoms with Gasteiger partial charge in [0.15, 0.2) is 0 Å². The molecule has 1 aliphatic heterocycles. The maximum absolute atomic E-state index is 14.5. The van der Waals surface area contributed by atoms with Crippen LogP contribution in [0.3, 0.4) is 0 Å². The number of nitrogens with one attached hydrogen (secondary N) is 1. The third-order valence-electron chi connectivity index (χ3n) is 5.81. The number of rotatable bonds is 8. The van der Waals surface area contributed by atoms with E-state index in [1.807, 2.05) is 0 Å². The zero-order chi connectivity index (χ0) is 27.5. The predicted octanol–water partition coefficient (Wildman–Crippen LogP) is 7.30. The van der Waals surface area contributed by atoms with Crippen LogP contribution >= 0.6 is 34.8 Å². The maximum Gasteiger partial charge on any atom is 0.435 e. The van der Waals surface area contributed by atoms with E-state index in [9.17, 15) is 18.0 Å². The molecule has 0 bridgehead atoms. The first-order valence-corrected chi connectivity index (χ1v) is 12.2. The summed E-state index contributed by atoms with van der Waals surface area (Å²) in [5.41, 5.74) is -2.41. The smallest absolute Gasteiger partial charge is 0.392 e. The van der Waals surface area contributed by atoms with E-state index in [-0.39, 0.29) is 39.5 Å². The first kappa shape index (κ1) is 27.8. The van der Waals surface area contributed by atoms with Gasteiger partial charge >= 0.3 is 6.18 Å². The van der Waals surface area contributed by atoms with Gasteiger partial charge in [-0.2, -0.15) is 13.2 Å². The van der Waals surface area contributed by atoms with Gasteiger partial charge in [0.2, 0.25) is 0 Å². The molecule has 0 saturated heterocycles. The van der Waals surface area contributed by atoms with Crippen LogP contribution < -0.4 is 5.32 Å². The van der Waals surface area contributed by atoms with Crippen LogP contribution in [-0.4, -0.2) is 37.2 Å². The standard InChI is InChI=1S/C26H19Cl3F3N3O3/c1-2-11-37-34-10-9-33-24(36)19-8-7-18(16-5-3-4-6-17(16)19)22-14-25(38-35-22,26(30,31)32)15-12-20(27)23(29)21(28)13-15/h2-8,10,12-13H,1,9,11,14H2,(H,33,36)/b34-10-. The van der Waals surface area contributed by atoms with Crippen molar-refractivity contribution in [2.45, 2.75) is 18.2 Å². The Morgan fingerprint density at radius 1 is 1.16 bits per heavy atom. The van der Waals surface area contributed by atoms with E-state index in [4.69, 9.17) is 44.5 Å². The van der Waals surface area contributed by atoms with Gasteiger partial charge < -0.3 is 15.0 Å². The second kappa shape index (κ2) is 11.2. The Labute approximate surface area is 230 Å². The number of alkyl halides is 3. The highest BCUT2D eigenvalue weighted by molar-refractivity contribution is 6.48. The van der Waals surface area contributed by atoms with Gasteiger partial charge in [0.05, 0.1) is 33.5 Å². The molecule has 3 aromatic rings. The summed E-state index contributed by atoms with van der Waals surface area (Å²) >= 11 is 18.0. The van der Waals surface area contributed by atoms with Crippen LogP contribution in [0.25, 0.3) is 10.8 Å². The molecular weight excluding hydrogens is 566 g/mol. The normalized spacial score (nSPS) is 17.4. The van der Waals surface area contributed by atoms with Crippen molar-refractivity contribution in [3.63, 3.8) is 0 Å². The Kier molecular flexibility index (Phi) is 8.20. The highest BCUT2D eigenvalue weighted by atomic mass is 35.5. The molecule has 38 heavy (non-hydrogen) atoms. The third kappa shape index (κ3) is 5.32. The van der Waals surface area contributed by atoms with Crippen molar-refractivity contribution in [1.82, 2.24) is 5.32 Å². The highest BCUT2D eigenvalue weighted by Crippen LogP contribution is 2.51. The Morgan fingerprint density at radius 3 is 2.50 bits per heavy atom. The van der Waals surface area contributed by atoms with E-state index in [1.54, 1.807) is 24.3 Å². The number of hydrogen-bond acceptors (Lipinski definition) is 5. The summed E-state index contributed by atoms with van der Waals surface area (Å²) in [5, 5.41) is 10.9. The van der Waals surface area contributed by atoms with Gasteiger partial charge in [0.1, 0.15) is 6.61 Å². The zero-order valence-electron chi connectivity index (χ0n) is 19.5. The lowest BCUT2D eigenvalue weighted by Gasteiger charge is -2.30. The zero-order valence-corrected chi connectivity index (χ0v) is 21.8. The molecule has 12 heteroatoms. The Hall–Kier alpha value is -3.27. The number of hydrogen-bond donors (Lipinski definition) is 1. The van der Waals surface area contributed by atoms with Crippen molar-refractivity contribution < 1.29 is 27.6 Å². The Morgan fingerprint density at radius 2 is 1.84 bits per heavy atom. The summed E-state index contributed by atoms with van der Waals surface area (Å²) < 4.78 is 43.4. The largest absolute Gasteiger partial charge is 0.435 e. The predicted molar refractivity (Wildman–Crippen MR) is 142 cm³/mol. The van der Waals surface area contributed by atoms with E-state index >= 15 is 0 Å². The topological polar surface area (TPSA) is 72.3 Å². The molecule has 198 valence electrons. The van der Waals surface area contributed by atoms with E-state index in [0.717, 1.165) is 12.1 Å². The first-order chi connectivity index (χ1) is 18.1. The molecule has 1 heterocycles. The molecule has 1 amide bonds. The molecule has 6 nitrogen and oxygen atoms in total. The number of benzene rings is 3. The van der Waals surface area contributed by atoms with Crippen LogP contribution in [0, 0.1) is 0 Å². The van der Waals surface area contributed by atoms with E-state index in [2.05, 4.69) is 22.2 Å². The lowest BCUT2D eigenvalue weighted by Crippen LogP contribution is -2.42. The summed E-state index contributed by atoms with van der Waals surface area (Å²) in [6.45, 7) is 3.84. The molecule has 0 saturated carbocycles. The van der Waals surface area contributed by atoms with Crippen LogP contribution in [0.5, 0.6) is 0 Å². The van der Waals surface area contributed by atoms with Crippen LogP contribution in [0.15, 0.2) is 71.5 Å². The summed E-state index contributed by atoms with van der Waals surface area (Å²) in [6, 6.07) is 12.0. The number of nitrogens with zero attached hydrogens (tertiary/aromatic N) is 2. The fourth-order valence-corrected chi connectivity index (χ4v) is 4.60. The van der Waals surface area contributed by atoms with Gasteiger partial charge in [0.25, 0.3) is 11.5 Å². The van der Waals surface area contributed by atoms with Gasteiger partial charge in [-0.1, -0.05) is 88.1 Å². The number of amides is 1. The van der Waals surface area contributed by atoms with Gasteiger partial charge in [-0.15, -0.1) is 0 Å². The molecule has 1 atom stereocenters. The molecule has 4 rings (SSSR count). The van der Waals surface area contributed by atoms with E-state index in [1.165, 1.54) is 24.4 Å². The lowest BCUT2D eigenvalue weighted by molar-refractivity contribution is -0.275. The van der Waals surface area contributed by atoms with E-state index in [0.29, 0.717) is 21.9 Å². The lowest BCUT2D eigenvalue weighted by atomic mass is 9.85. The number of fused-ring (bicyclic) bond motifs is 1. The molecule has 0 fully saturated rings. The average Bonchev–Trinajstić information content (AvgIpc) is 3.35. The highest BCUT2D eigenvalue weighted by Gasteiger charge is 2.62. The van der Waals surface area contributed by atoms with Crippen molar-refractivity contribution in [2.75, 3.05) is 13.2 Å². The Bertz CT molecular complexity index is 1440. The van der Waals surface area contributed by atoms with Crippen LogP contribution in [0.2, 0.25) is 15.1 Å². The maximum atomic E-state index is 14.5. The molecular formula is C26H19Cl3F3N3O3. The fourth-order valence-electron chi connectivity index (χ4n) is 4.00. The minimum atomic E-state index is -4.87. The fraction of sp³-hybridized carbons (Fsp3) is 0.192. The molecule has 0 spiro atoms. The average molecular weight is 585 g/mol. The molecule has 3 aromatic carbocycles. The molecule has 1 aliphatic rings. The number of carbonyl (C=O) groups excluding carboxylic acids is 1. The van der Waals surface area contributed by atoms with Gasteiger partial charge in [0, 0.05) is 23.1 Å². The van der Waals surface area contributed by atoms with Gasteiger partial charge in [-0.05, 0) is 29.0 Å². The summed E-state index contributed by atoms with van der Waals surface area (Å²) in [6.07, 6.45) is -2.61. The Balaban J connectivity index is 1.66. The third-order valence-corrected chi connectivity index (χ3v) is 7.01. The van der Waals surface area contributed by atoms with Crippen LogP contribution in [-0.2, 0) is 15.3 Å². The second-order valence-corrected chi connectivity index (χ2v) is 9.37. The summed E-state index contributed by atoms with van der Waals surface area (Å²) in [7, 11) is 0. The molecule has 1 N–H and O–H groups in total. The van der Waals surface area contributed by atoms with Crippen molar-refractivity contribution in [1.29, 1.82) is 0 Å². The number of oxime groups is 2. The van der Waals surface area contributed by atoms with Crippen LogP contribution in [0.4, 0.5) is 13.2 Å². The van der Waals surface area contributed by atoms with E-state index < -0.39 is 24.1 Å². The summed E-state index contributed by atoms with van der Waals surface area (Å²) in [5.74, 6) is -0.400. The van der Waals surface area contributed by atoms with Crippen molar-refractivity contribution in [2.24, 2.45) is 10.3 Å². The molecule has 0 aromatic heterocycles. The minimum absolute atomic E-state index is 0.0409. The van der Waals surface area contributed by atoms with Crippen molar-refractivity contribution in [3.05, 3.63) is 92.9 Å². The monoisotopic (exact) mass is 583 g/mol. The molecule has 0 radical (unpaired) electrons. The first-order valence-electron chi connectivity index (χ1n) is 11.1. The minimum Gasteiger partial charge on any atom is -0.392 e. The summed E-state index contributed by atoms with van der Waals surface area (Å²) in [4.78, 5) is 22.8. The van der Waals surface area contributed by atoms with Gasteiger partial charge in [-0.3, -0.25) is 4.79 Å². The van der Waals surface area contributed by atoms with Crippen LogP contribution in [0.1, 0.15) is 27.9 Å². The molecule has 0 aliphatic carbocycles. The SMILES string of the molecule is C=CCO/N=C\CNC(=O)c1ccc(C2=NOC(c3cc(Cl)c(Cl)c(Cl)c3)(C(F)(F)F)C2)c2ccccc12.